The van der Waals surface area contributed by atoms with Crippen LogP contribution < -0.4 is 5.32 Å². The molecule has 8 heteroatoms. The highest BCUT2D eigenvalue weighted by Gasteiger charge is 2.31. The fourth-order valence-corrected chi connectivity index (χ4v) is 1.64. The second kappa shape index (κ2) is 7.57. The molecule has 1 aromatic rings. The van der Waals surface area contributed by atoms with E-state index >= 15 is 0 Å². The second-order valence-electron chi connectivity index (χ2n) is 5.58. The summed E-state index contributed by atoms with van der Waals surface area (Å²) in [5, 5.41) is 2.50. The minimum absolute atomic E-state index is 0.151. The van der Waals surface area contributed by atoms with Gasteiger partial charge in [0.1, 0.15) is 5.60 Å². The highest BCUT2D eigenvalue weighted by Crippen LogP contribution is 2.19. The van der Waals surface area contributed by atoms with Crippen LogP contribution in [0.15, 0.2) is 18.3 Å². The third kappa shape index (κ3) is 5.57. The van der Waals surface area contributed by atoms with E-state index in [0.717, 1.165) is 14.2 Å². The van der Waals surface area contributed by atoms with E-state index in [1.807, 2.05) is 0 Å². The van der Waals surface area contributed by atoms with Crippen molar-refractivity contribution in [3.05, 3.63) is 24.0 Å². The lowest BCUT2D eigenvalue weighted by Crippen LogP contribution is -2.27. The van der Waals surface area contributed by atoms with Crippen molar-refractivity contribution < 1.29 is 28.6 Å². The van der Waals surface area contributed by atoms with Gasteiger partial charge in [0.05, 0.1) is 31.8 Å². The molecule has 23 heavy (non-hydrogen) atoms. The lowest BCUT2D eigenvalue weighted by atomic mass is 10.1. The molecule has 1 rings (SSSR count). The quantitative estimate of drug-likeness (QED) is 0.512. The number of esters is 2. The van der Waals surface area contributed by atoms with E-state index in [4.69, 9.17) is 4.74 Å². The number of ether oxygens (including phenoxy) is 3. The molecule has 1 N–H and O–H groups in total. The van der Waals surface area contributed by atoms with Crippen LogP contribution in [0.2, 0.25) is 0 Å². The standard InChI is InChI=1S/C15H20N2O6/c1-15(2,3)23-14(20)17-9-6-7-10(16-8-9)11(12(18)21-4)13(19)22-5/h6-8,11H,1-5H3,(H,17,20). The smallest absolute Gasteiger partial charge is 0.412 e. The van der Waals surface area contributed by atoms with E-state index in [9.17, 15) is 14.4 Å². The van der Waals surface area contributed by atoms with Crippen molar-refractivity contribution in [3.63, 3.8) is 0 Å². The minimum atomic E-state index is -1.28. The predicted molar refractivity (Wildman–Crippen MR) is 80.9 cm³/mol. The maximum atomic E-state index is 11.7. The molecule has 0 aliphatic rings. The van der Waals surface area contributed by atoms with Gasteiger partial charge in [0.2, 0.25) is 0 Å². The summed E-state index contributed by atoms with van der Waals surface area (Å²) in [6, 6.07) is 2.91. The summed E-state index contributed by atoms with van der Waals surface area (Å²) < 4.78 is 14.2. The Morgan fingerprint density at radius 1 is 1.09 bits per heavy atom. The molecule has 0 saturated heterocycles. The highest BCUT2D eigenvalue weighted by molar-refractivity contribution is 6.00. The van der Waals surface area contributed by atoms with E-state index in [1.54, 1.807) is 20.8 Å². The molecule has 0 aromatic carbocycles. The van der Waals surface area contributed by atoms with Gasteiger partial charge in [0.15, 0.2) is 5.92 Å². The summed E-state index contributed by atoms with van der Waals surface area (Å²) in [4.78, 5) is 39.0. The fourth-order valence-electron chi connectivity index (χ4n) is 1.64. The minimum Gasteiger partial charge on any atom is -0.468 e. The Morgan fingerprint density at radius 2 is 1.65 bits per heavy atom. The summed E-state index contributed by atoms with van der Waals surface area (Å²) in [7, 11) is 2.33. The zero-order valence-electron chi connectivity index (χ0n) is 13.7. The average molecular weight is 324 g/mol. The first-order chi connectivity index (χ1) is 10.7. The molecule has 1 aromatic heterocycles. The second-order valence-corrected chi connectivity index (χ2v) is 5.58. The van der Waals surface area contributed by atoms with Gasteiger partial charge >= 0.3 is 18.0 Å². The van der Waals surface area contributed by atoms with Crippen LogP contribution in [0.25, 0.3) is 0 Å². The molecule has 0 fully saturated rings. The summed E-state index contributed by atoms with van der Waals surface area (Å²) in [6.07, 6.45) is 0.669. The van der Waals surface area contributed by atoms with Crippen LogP contribution in [0.4, 0.5) is 10.5 Å². The molecule has 8 nitrogen and oxygen atoms in total. The first-order valence-electron chi connectivity index (χ1n) is 6.79. The Hall–Kier alpha value is -2.64. The molecule has 0 radical (unpaired) electrons. The van der Waals surface area contributed by atoms with Gasteiger partial charge in [-0.25, -0.2) is 4.79 Å². The zero-order valence-corrected chi connectivity index (χ0v) is 13.7. The van der Waals surface area contributed by atoms with Crippen LogP contribution in [0.3, 0.4) is 0 Å². The molecule has 0 saturated carbocycles. The lowest BCUT2D eigenvalue weighted by molar-refractivity contribution is -0.154. The number of methoxy groups -OCH3 is 2. The SMILES string of the molecule is COC(=O)C(C(=O)OC)c1ccc(NC(=O)OC(C)(C)C)cn1. The van der Waals surface area contributed by atoms with Crippen molar-refractivity contribution in [3.8, 4) is 0 Å². The van der Waals surface area contributed by atoms with Gasteiger partial charge in [-0.05, 0) is 32.9 Å². The average Bonchev–Trinajstić information content (AvgIpc) is 2.46. The Bertz CT molecular complexity index is 561. The Labute approximate surface area is 134 Å². The molecule has 0 bridgehead atoms. The van der Waals surface area contributed by atoms with Crippen LogP contribution >= 0.6 is 0 Å². The Morgan fingerprint density at radius 3 is 2.04 bits per heavy atom. The number of aromatic nitrogens is 1. The van der Waals surface area contributed by atoms with Crippen molar-refractivity contribution in [2.45, 2.75) is 32.3 Å². The van der Waals surface area contributed by atoms with Crippen molar-refractivity contribution in [2.75, 3.05) is 19.5 Å². The van der Waals surface area contributed by atoms with Gasteiger partial charge in [-0.2, -0.15) is 0 Å². The predicted octanol–water partition coefficient (Wildman–Crippen LogP) is 1.86. The molecule has 0 atom stereocenters. The molecule has 0 aliphatic heterocycles. The zero-order chi connectivity index (χ0) is 17.6. The number of pyridine rings is 1. The number of anilines is 1. The van der Waals surface area contributed by atoms with E-state index in [-0.39, 0.29) is 5.69 Å². The van der Waals surface area contributed by atoms with Crippen molar-refractivity contribution >= 4 is 23.7 Å². The van der Waals surface area contributed by atoms with Crippen molar-refractivity contribution in [2.24, 2.45) is 0 Å². The molecule has 1 heterocycles. The van der Waals surface area contributed by atoms with Gasteiger partial charge in [-0.1, -0.05) is 0 Å². The molecule has 0 aliphatic carbocycles. The summed E-state index contributed by atoms with van der Waals surface area (Å²) in [5.74, 6) is -2.84. The van der Waals surface area contributed by atoms with Crippen molar-refractivity contribution in [1.29, 1.82) is 0 Å². The number of rotatable bonds is 4. The van der Waals surface area contributed by atoms with Crippen LogP contribution in [0, 0.1) is 0 Å². The third-order valence-electron chi connectivity index (χ3n) is 2.60. The Balaban J connectivity index is 2.88. The first kappa shape index (κ1) is 18.4. The fraction of sp³-hybridized carbons (Fsp3) is 0.467. The topological polar surface area (TPSA) is 104 Å². The number of hydrogen-bond donors (Lipinski definition) is 1. The number of amides is 1. The van der Waals surface area contributed by atoms with Gasteiger partial charge < -0.3 is 14.2 Å². The number of carbonyl (C=O) groups is 3. The number of carbonyl (C=O) groups excluding carboxylic acids is 3. The lowest BCUT2D eigenvalue weighted by Gasteiger charge is -2.19. The van der Waals surface area contributed by atoms with Crippen molar-refractivity contribution in [1.82, 2.24) is 4.98 Å². The molecular weight excluding hydrogens is 304 g/mol. The monoisotopic (exact) mass is 324 g/mol. The van der Waals surface area contributed by atoms with E-state index in [1.165, 1.54) is 18.3 Å². The normalized spacial score (nSPS) is 10.9. The number of nitrogens with zero attached hydrogens (tertiary/aromatic N) is 1. The van der Waals surface area contributed by atoms with Crippen LogP contribution in [-0.4, -0.2) is 42.8 Å². The van der Waals surface area contributed by atoms with Crippen LogP contribution in [0.1, 0.15) is 32.4 Å². The van der Waals surface area contributed by atoms with Gasteiger partial charge in [-0.3, -0.25) is 19.9 Å². The molecule has 0 spiro atoms. The highest BCUT2D eigenvalue weighted by atomic mass is 16.6. The molecular formula is C15H20N2O6. The number of nitrogens with one attached hydrogen (secondary N) is 1. The summed E-state index contributed by atoms with van der Waals surface area (Å²) >= 11 is 0. The van der Waals surface area contributed by atoms with Crippen LogP contribution in [0.5, 0.6) is 0 Å². The van der Waals surface area contributed by atoms with E-state index in [0.29, 0.717) is 5.69 Å². The van der Waals surface area contributed by atoms with Gasteiger partial charge in [0.25, 0.3) is 0 Å². The Kier molecular flexibility index (Phi) is 6.06. The van der Waals surface area contributed by atoms with Gasteiger partial charge in [-0.15, -0.1) is 0 Å². The molecule has 1 amide bonds. The summed E-state index contributed by atoms with van der Waals surface area (Å²) in [5.41, 5.74) is -0.117. The maximum absolute atomic E-state index is 11.7. The third-order valence-corrected chi connectivity index (χ3v) is 2.60. The summed E-state index contributed by atoms with van der Waals surface area (Å²) in [6.45, 7) is 5.22. The first-order valence-corrected chi connectivity index (χ1v) is 6.79. The van der Waals surface area contributed by atoms with Crippen LogP contribution in [-0.2, 0) is 23.8 Å². The molecule has 126 valence electrons. The number of hydrogen-bond acceptors (Lipinski definition) is 7. The maximum Gasteiger partial charge on any atom is 0.412 e. The van der Waals surface area contributed by atoms with Gasteiger partial charge in [0, 0.05) is 0 Å². The molecule has 0 unspecified atom stereocenters. The van der Waals surface area contributed by atoms with E-state index < -0.39 is 29.6 Å². The van der Waals surface area contributed by atoms with E-state index in [2.05, 4.69) is 19.8 Å². The largest absolute Gasteiger partial charge is 0.468 e.